The lowest BCUT2D eigenvalue weighted by Gasteiger charge is -2.41. The van der Waals surface area contributed by atoms with E-state index in [1.165, 1.54) is 14.0 Å². The van der Waals surface area contributed by atoms with E-state index >= 15 is 0 Å². The summed E-state index contributed by atoms with van der Waals surface area (Å²) in [6, 6.07) is 5.76. The summed E-state index contributed by atoms with van der Waals surface area (Å²) in [5.74, 6) is -2.00. The van der Waals surface area contributed by atoms with Crippen molar-refractivity contribution in [2.24, 2.45) is 17.4 Å². The highest BCUT2D eigenvalue weighted by Crippen LogP contribution is 2.60. The first-order valence-electron chi connectivity index (χ1n) is 10.3. The molecule has 2 saturated heterocycles. The van der Waals surface area contributed by atoms with Crippen molar-refractivity contribution in [3.63, 3.8) is 0 Å². The number of piperazine rings is 1. The summed E-state index contributed by atoms with van der Waals surface area (Å²) in [6.45, 7) is 1.46. The highest BCUT2D eigenvalue weighted by Gasteiger charge is 2.77. The SMILES string of the molecule is CO[C@@]12[C@H](COC(N)=O)C3=C(C(=O)C(C)=C(N)C3=O)N1C[C@@H]1[C@@H]2N1C(=O)c1ccc(Cl)cc1. The number of benzene rings is 1. The third-order valence-corrected chi connectivity index (χ3v) is 7.27. The van der Waals surface area contributed by atoms with Crippen LogP contribution in [0.3, 0.4) is 0 Å². The molecule has 1 aromatic rings. The maximum atomic E-state index is 13.2. The lowest BCUT2D eigenvalue weighted by Crippen LogP contribution is -2.56. The Morgan fingerprint density at radius 2 is 1.88 bits per heavy atom. The maximum absolute atomic E-state index is 13.2. The molecule has 10 nitrogen and oxygen atoms in total. The first-order valence-corrected chi connectivity index (χ1v) is 10.7. The van der Waals surface area contributed by atoms with Gasteiger partial charge in [0.25, 0.3) is 5.91 Å². The van der Waals surface area contributed by atoms with E-state index in [0.717, 1.165) is 0 Å². The Balaban J connectivity index is 1.56. The van der Waals surface area contributed by atoms with Crippen LogP contribution in [-0.2, 0) is 19.1 Å². The van der Waals surface area contributed by atoms with Crippen LogP contribution in [0.15, 0.2) is 46.8 Å². The molecule has 4 aliphatic rings. The summed E-state index contributed by atoms with van der Waals surface area (Å²) < 4.78 is 11.1. The number of amides is 2. The molecule has 4 N–H and O–H groups in total. The van der Waals surface area contributed by atoms with Crippen LogP contribution in [0.4, 0.5) is 4.79 Å². The number of fused-ring (bicyclic) bond motifs is 4. The second kappa shape index (κ2) is 7.06. The van der Waals surface area contributed by atoms with Crippen molar-refractivity contribution in [1.29, 1.82) is 0 Å². The molecular weight excluding hydrogens is 452 g/mol. The molecule has 0 aromatic heterocycles. The number of methoxy groups -OCH3 is 1. The van der Waals surface area contributed by atoms with Gasteiger partial charge >= 0.3 is 6.09 Å². The van der Waals surface area contributed by atoms with E-state index in [1.54, 1.807) is 34.1 Å². The number of nitrogens with two attached hydrogens (primary N) is 2. The van der Waals surface area contributed by atoms with E-state index < -0.39 is 29.6 Å². The van der Waals surface area contributed by atoms with Gasteiger partial charge in [-0.2, -0.15) is 0 Å². The van der Waals surface area contributed by atoms with Gasteiger partial charge in [0.2, 0.25) is 11.6 Å². The number of rotatable bonds is 4. The fraction of sp³-hybridized carbons (Fsp3) is 0.364. The number of hydrogen-bond donors (Lipinski definition) is 2. The van der Waals surface area contributed by atoms with Crippen molar-refractivity contribution in [3.8, 4) is 0 Å². The first kappa shape index (κ1) is 21.5. The van der Waals surface area contributed by atoms with Crippen molar-refractivity contribution in [3.05, 3.63) is 57.4 Å². The van der Waals surface area contributed by atoms with E-state index in [2.05, 4.69) is 0 Å². The maximum Gasteiger partial charge on any atom is 0.404 e. The molecule has 0 spiro atoms. The molecule has 0 radical (unpaired) electrons. The van der Waals surface area contributed by atoms with Gasteiger partial charge < -0.3 is 30.7 Å². The van der Waals surface area contributed by atoms with E-state index in [0.29, 0.717) is 10.6 Å². The predicted octanol–water partition coefficient (Wildman–Crippen LogP) is 0.555. The molecule has 2 amide bonds. The Hall–Kier alpha value is -3.37. The van der Waals surface area contributed by atoms with Crippen LogP contribution < -0.4 is 11.5 Å². The van der Waals surface area contributed by atoms with Crippen LogP contribution in [0.25, 0.3) is 0 Å². The summed E-state index contributed by atoms with van der Waals surface area (Å²) in [5, 5.41) is 0.505. The lowest BCUT2D eigenvalue weighted by molar-refractivity contribution is -0.143. The molecule has 1 aromatic carbocycles. The Kier molecular flexibility index (Phi) is 4.60. The van der Waals surface area contributed by atoms with Gasteiger partial charge in [0, 0.05) is 35.4 Å². The number of carbonyl (C=O) groups excluding carboxylic acids is 4. The zero-order valence-corrected chi connectivity index (χ0v) is 18.6. The average molecular weight is 473 g/mol. The van der Waals surface area contributed by atoms with E-state index in [-0.39, 0.29) is 53.4 Å². The largest absolute Gasteiger partial charge is 0.449 e. The fourth-order valence-corrected chi connectivity index (χ4v) is 5.62. The highest BCUT2D eigenvalue weighted by atomic mass is 35.5. The molecule has 0 bridgehead atoms. The summed E-state index contributed by atoms with van der Waals surface area (Å²) >= 11 is 5.94. The summed E-state index contributed by atoms with van der Waals surface area (Å²) in [6.07, 6.45) is -1.03. The predicted molar refractivity (Wildman–Crippen MR) is 115 cm³/mol. The van der Waals surface area contributed by atoms with Gasteiger partial charge in [-0.15, -0.1) is 0 Å². The summed E-state index contributed by atoms with van der Waals surface area (Å²) in [5.41, 5.74) is 10.6. The van der Waals surface area contributed by atoms with Crippen LogP contribution in [0, 0.1) is 5.92 Å². The number of halogens is 1. The highest BCUT2D eigenvalue weighted by molar-refractivity contribution is 6.30. The smallest absolute Gasteiger partial charge is 0.404 e. The minimum atomic E-state index is -1.29. The van der Waals surface area contributed by atoms with Crippen molar-refractivity contribution in [2.45, 2.75) is 24.7 Å². The van der Waals surface area contributed by atoms with Gasteiger partial charge in [-0.1, -0.05) is 11.6 Å². The van der Waals surface area contributed by atoms with Gasteiger partial charge in [0.15, 0.2) is 5.72 Å². The van der Waals surface area contributed by atoms with Crippen molar-refractivity contribution < 1.29 is 28.7 Å². The Morgan fingerprint density at radius 1 is 1.21 bits per heavy atom. The average Bonchev–Trinajstić information content (AvgIpc) is 3.29. The minimum absolute atomic E-state index is 0.121. The molecule has 0 unspecified atom stereocenters. The molecule has 172 valence electrons. The van der Waals surface area contributed by atoms with Gasteiger partial charge in [-0.25, -0.2) is 4.79 Å². The molecule has 11 heteroatoms. The Bertz CT molecular complexity index is 1190. The topological polar surface area (TPSA) is 145 Å². The molecule has 0 saturated carbocycles. The van der Waals surface area contributed by atoms with Crippen molar-refractivity contribution >= 4 is 35.2 Å². The van der Waals surface area contributed by atoms with Crippen LogP contribution >= 0.6 is 11.6 Å². The Labute approximate surface area is 193 Å². The number of allylic oxidation sites excluding steroid dienone is 2. The number of ketones is 2. The second-order valence-electron chi connectivity index (χ2n) is 8.44. The van der Waals surface area contributed by atoms with E-state index in [9.17, 15) is 19.2 Å². The van der Waals surface area contributed by atoms with Gasteiger partial charge in [-0.05, 0) is 31.2 Å². The number of Topliss-reactive ketones (excluding diaryl/α,β-unsaturated/α-hetero) is 2. The summed E-state index contributed by atoms with van der Waals surface area (Å²) in [4.78, 5) is 54.3. The molecule has 5 rings (SSSR count). The standard InChI is InChI=1S/C22H21ClN4O6/c1-9-15(24)18(29)14-12(8-33-21(25)31)22(32-2)19-13(7-26(22)16(14)17(9)28)27(19)20(30)10-3-5-11(23)6-4-10/h3-6,12-13,19H,7-8,24H2,1-2H3,(H2,25,31)/t12-,13-,19+,22-,27?/m1/s1. The molecule has 3 aliphatic heterocycles. The fourth-order valence-electron chi connectivity index (χ4n) is 5.50. The van der Waals surface area contributed by atoms with Gasteiger partial charge in [0.1, 0.15) is 12.6 Å². The number of primary amides is 1. The molecule has 2 fully saturated rings. The third-order valence-electron chi connectivity index (χ3n) is 7.01. The van der Waals surface area contributed by atoms with E-state index in [4.69, 9.17) is 32.5 Å². The zero-order valence-electron chi connectivity index (χ0n) is 17.8. The monoisotopic (exact) mass is 472 g/mol. The summed E-state index contributed by atoms with van der Waals surface area (Å²) in [7, 11) is 1.44. The third kappa shape index (κ3) is 2.71. The van der Waals surface area contributed by atoms with Gasteiger partial charge in [0.05, 0.1) is 23.4 Å². The lowest BCUT2D eigenvalue weighted by atomic mass is 9.82. The van der Waals surface area contributed by atoms with Crippen molar-refractivity contribution in [1.82, 2.24) is 9.80 Å². The molecule has 1 aliphatic carbocycles. The molecule has 4 atom stereocenters. The normalized spacial score (nSPS) is 29.8. The van der Waals surface area contributed by atoms with Crippen LogP contribution in [0.2, 0.25) is 5.02 Å². The molecule has 3 heterocycles. The quantitative estimate of drug-likeness (QED) is 0.477. The number of nitrogens with zero attached hydrogens (tertiary/aromatic N) is 2. The molecule has 33 heavy (non-hydrogen) atoms. The number of carbonyl (C=O) groups is 4. The second-order valence-corrected chi connectivity index (χ2v) is 8.88. The van der Waals surface area contributed by atoms with Crippen LogP contribution in [0.1, 0.15) is 17.3 Å². The van der Waals surface area contributed by atoms with Crippen LogP contribution in [0.5, 0.6) is 0 Å². The number of ether oxygens (including phenoxy) is 2. The Morgan fingerprint density at radius 3 is 2.48 bits per heavy atom. The van der Waals surface area contributed by atoms with Crippen molar-refractivity contribution in [2.75, 3.05) is 20.3 Å². The minimum Gasteiger partial charge on any atom is -0.449 e. The first-order chi connectivity index (χ1) is 15.6. The molecular formula is C22H21ClN4O6. The number of hydrogen-bond acceptors (Lipinski definition) is 8. The van der Waals surface area contributed by atoms with E-state index in [1.807, 2.05) is 0 Å². The van der Waals surface area contributed by atoms with Crippen LogP contribution in [-0.4, -0.2) is 71.4 Å². The van der Waals surface area contributed by atoms with Gasteiger partial charge in [-0.3, -0.25) is 14.4 Å². The zero-order chi connectivity index (χ0) is 23.8.